The standard InChI is InChI=1S/C31H27N2S.C13H12N.Ir/c1-19(2)21-12-9-13-22(20(3)4)29(21)33-27-17-7-6-16-26(27)32-31(33)25-15-10-14-24-23-11-5-8-18-28(23)34-30(24)25;1-10-8-13(14-9-11(10)2)12-6-4-3-5-7-12;/h5-14,16-20H,1-4H3;3-6,8-9H,1-2H3;/q2*-1;/i;1D3,2D3;. The van der Waals surface area contributed by atoms with E-state index in [1.165, 1.54) is 43.1 Å². The third-order valence-corrected chi connectivity index (χ3v) is 9.78. The first kappa shape index (κ1) is 27.4. The average Bonchev–Trinajstić information content (AvgIpc) is 3.73. The van der Waals surface area contributed by atoms with Gasteiger partial charge in [-0.3, -0.25) is 4.98 Å². The monoisotopic (exact) mass is 840 g/mol. The van der Waals surface area contributed by atoms with Crippen molar-refractivity contribution in [2.75, 3.05) is 0 Å². The summed E-state index contributed by atoms with van der Waals surface area (Å²) in [6.07, 6.45) is 1.12. The van der Waals surface area contributed by atoms with Crippen molar-refractivity contribution in [3.8, 4) is 28.3 Å². The molecule has 0 N–H and O–H groups in total. The van der Waals surface area contributed by atoms with Crippen LogP contribution in [0.3, 0.4) is 0 Å². The number of thiophene rings is 1. The summed E-state index contributed by atoms with van der Waals surface area (Å²) >= 11 is 1.83. The Kier molecular flexibility index (Phi) is 8.17. The van der Waals surface area contributed by atoms with Gasteiger partial charge in [-0.05, 0) is 76.2 Å². The van der Waals surface area contributed by atoms with E-state index in [-0.39, 0.29) is 31.2 Å². The van der Waals surface area contributed by atoms with Crippen LogP contribution in [0.1, 0.15) is 70.0 Å². The molecule has 1 radical (unpaired) electrons. The molecule has 0 spiro atoms. The van der Waals surface area contributed by atoms with Crippen LogP contribution >= 0.6 is 11.3 Å². The molecule has 49 heavy (non-hydrogen) atoms. The van der Waals surface area contributed by atoms with Gasteiger partial charge < -0.3 is 9.55 Å². The predicted octanol–water partition coefficient (Wildman–Crippen LogP) is 12.3. The molecular formula is C44H39IrN3S-2. The maximum Gasteiger partial charge on any atom is 0.0774 e. The van der Waals surface area contributed by atoms with Gasteiger partial charge in [-0.25, -0.2) is 0 Å². The minimum absolute atomic E-state index is 0. The number of benzene rings is 5. The zero-order valence-corrected chi connectivity index (χ0v) is 30.9. The number of nitrogens with zero attached hydrogens (tertiary/aromatic N) is 3. The van der Waals surface area contributed by atoms with Crippen molar-refractivity contribution < 1.29 is 28.3 Å². The molecule has 0 amide bonds. The van der Waals surface area contributed by atoms with Gasteiger partial charge in [0.1, 0.15) is 0 Å². The van der Waals surface area contributed by atoms with Gasteiger partial charge in [-0.1, -0.05) is 98.8 Å². The summed E-state index contributed by atoms with van der Waals surface area (Å²) in [5.41, 5.74) is 7.76. The van der Waals surface area contributed by atoms with Crippen LogP contribution in [0.5, 0.6) is 0 Å². The van der Waals surface area contributed by atoms with Crippen LogP contribution in [0.25, 0.3) is 59.5 Å². The summed E-state index contributed by atoms with van der Waals surface area (Å²) in [7, 11) is 0. The van der Waals surface area contributed by atoms with Crippen LogP contribution < -0.4 is 0 Å². The first-order valence-corrected chi connectivity index (χ1v) is 17.0. The van der Waals surface area contributed by atoms with Crippen molar-refractivity contribution in [3.05, 3.63) is 150 Å². The molecule has 0 saturated carbocycles. The number of pyridine rings is 1. The maximum atomic E-state index is 7.50. The Bertz CT molecular complexity index is 2580. The van der Waals surface area contributed by atoms with Gasteiger partial charge in [0, 0.05) is 44.9 Å². The van der Waals surface area contributed by atoms with Gasteiger partial charge in [-0.2, -0.15) is 11.3 Å². The first-order valence-electron chi connectivity index (χ1n) is 19.1. The summed E-state index contributed by atoms with van der Waals surface area (Å²) < 4.78 is 49.6. The molecule has 0 aliphatic carbocycles. The number of fused-ring (bicyclic) bond motifs is 4. The number of aryl methyl sites for hydroxylation is 2. The van der Waals surface area contributed by atoms with Crippen LogP contribution in [0.2, 0.25) is 0 Å². The zero-order valence-electron chi connectivity index (χ0n) is 33.7. The van der Waals surface area contributed by atoms with E-state index < -0.39 is 13.7 Å². The number of aromatic nitrogens is 3. The van der Waals surface area contributed by atoms with Crippen LogP contribution in [0.15, 0.2) is 115 Å². The van der Waals surface area contributed by atoms with E-state index in [4.69, 9.17) is 13.2 Å². The fourth-order valence-electron chi connectivity index (χ4n) is 6.20. The summed E-state index contributed by atoms with van der Waals surface area (Å²) in [6, 6.07) is 42.9. The van der Waals surface area contributed by atoms with Crippen LogP contribution in [0, 0.1) is 25.8 Å². The zero-order chi connectivity index (χ0) is 38.4. The minimum Gasteiger partial charge on any atom is -0.333 e. The molecule has 3 aromatic heterocycles. The van der Waals surface area contributed by atoms with E-state index >= 15 is 0 Å². The van der Waals surface area contributed by atoms with Gasteiger partial charge in [-0.15, -0.1) is 54.1 Å². The average molecular weight is 840 g/mol. The smallest absolute Gasteiger partial charge is 0.0774 e. The molecule has 0 bridgehead atoms. The number of hydrogen-bond acceptors (Lipinski definition) is 3. The van der Waals surface area contributed by atoms with Crippen LogP contribution in [-0.2, 0) is 20.1 Å². The fraction of sp³-hybridized carbons (Fsp3) is 0.182. The second-order valence-corrected chi connectivity index (χ2v) is 13.5. The fourth-order valence-corrected chi connectivity index (χ4v) is 7.40. The van der Waals surface area contributed by atoms with E-state index in [1.54, 1.807) is 24.3 Å². The minimum atomic E-state index is -2.50. The van der Waals surface area contributed by atoms with Crippen molar-refractivity contribution in [2.24, 2.45) is 0 Å². The second-order valence-electron chi connectivity index (χ2n) is 12.4. The molecule has 247 valence electrons. The molecule has 8 aromatic rings. The van der Waals surface area contributed by atoms with E-state index in [1.807, 2.05) is 11.3 Å². The summed E-state index contributed by atoms with van der Waals surface area (Å²) in [5.74, 6) is 1.76. The van der Waals surface area contributed by atoms with Gasteiger partial charge in [0.2, 0.25) is 0 Å². The van der Waals surface area contributed by atoms with Gasteiger partial charge in [0.25, 0.3) is 0 Å². The van der Waals surface area contributed by atoms with Crippen LogP contribution in [0.4, 0.5) is 0 Å². The first-order chi connectivity index (χ1) is 25.7. The molecule has 3 heterocycles. The Morgan fingerprint density at radius 1 is 0.735 bits per heavy atom. The van der Waals surface area contributed by atoms with E-state index in [2.05, 4.69) is 128 Å². The predicted molar refractivity (Wildman–Crippen MR) is 204 cm³/mol. The van der Waals surface area contributed by atoms with E-state index in [0.717, 1.165) is 28.6 Å². The van der Waals surface area contributed by atoms with Gasteiger partial charge >= 0.3 is 0 Å². The third kappa shape index (κ3) is 6.64. The topological polar surface area (TPSA) is 30.7 Å². The Labute approximate surface area is 315 Å². The molecule has 0 fully saturated rings. The summed E-state index contributed by atoms with van der Waals surface area (Å²) in [4.78, 5) is 9.27. The normalized spacial score (nSPS) is 13.6. The molecule has 5 heteroatoms. The number of hydrogen-bond donors (Lipinski definition) is 0. The van der Waals surface area contributed by atoms with E-state index in [0.29, 0.717) is 23.1 Å². The Hall–Kier alpha value is -4.41. The molecule has 8 rings (SSSR count). The summed E-state index contributed by atoms with van der Waals surface area (Å²) in [6.45, 7) is 4.11. The van der Waals surface area contributed by atoms with Crippen molar-refractivity contribution in [1.82, 2.24) is 14.5 Å². The largest absolute Gasteiger partial charge is 0.333 e. The van der Waals surface area contributed by atoms with Crippen molar-refractivity contribution in [3.63, 3.8) is 0 Å². The number of rotatable bonds is 5. The Balaban J connectivity index is 0.000000211. The third-order valence-electron chi connectivity index (χ3n) is 8.58. The maximum absolute atomic E-state index is 7.50. The molecule has 0 saturated heterocycles. The van der Waals surface area contributed by atoms with Gasteiger partial charge in [0.15, 0.2) is 0 Å². The number of imidazole rings is 1. The Morgan fingerprint density at radius 3 is 2.20 bits per heavy atom. The molecular weight excluding hydrogens is 795 g/mol. The molecule has 5 aromatic carbocycles. The van der Waals surface area contributed by atoms with E-state index in [9.17, 15) is 0 Å². The Morgan fingerprint density at radius 2 is 1.47 bits per heavy atom. The summed E-state index contributed by atoms with van der Waals surface area (Å²) in [5, 5.41) is 2.57. The van der Waals surface area contributed by atoms with Crippen molar-refractivity contribution in [2.45, 2.75) is 53.2 Å². The molecule has 0 atom stereocenters. The quantitative estimate of drug-likeness (QED) is 0.162. The van der Waals surface area contributed by atoms with Gasteiger partial charge in [0.05, 0.1) is 16.9 Å². The molecule has 3 nitrogen and oxygen atoms in total. The molecule has 0 aliphatic rings. The molecule has 0 aliphatic heterocycles. The van der Waals surface area contributed by atoms with Crippen molar-refractivity contribution in [1.29, 1.82) is 0 Å². The number of para-hydroxylation sites is 3. The van der Waals surface area contributed by atoms with Crippen LogP contribution in [-0.4, -0.2) is 14.5 Å². The molecule has 0 unspecified atom stereocenters. The second kappa shape index (κ2) is 14.6. The SMILES string of the molecule is CC(C)c1cccc(C(C)C)c1-n1c(-c2[c-]ccc3c2sc2ccccc23)nc2ccccc21.[2H]C([2H])([2H])c1cnc(-c2[c-]cccc2)cc1C([2H])([2H])[2H].[Ir]. The van der Waals surface area contributed by atoms with Crippen molar-refractivity contribution >= 4 is 42.5 Å².